The summed E-state index contributed by atoms with van der Waals surface area (Å²) in [7, 11) is -1.03. The van der Waals surface area contributed by atoms with Gasteiger partial charge in [-0.15, -0.1) is 0 Å². The Hall–Kier alpha value is -2.39. The molecular weight excluding hydrogens is 527 g/mol. The van der Waals surface area contributed by atoms with E-state index in [1.165, 1.54) is 27.0 Å². The summed E-state index contributed by atoms with van der Waals surface area (Å²) in [5, 5.41) is 3.67. The molecule has 2 fully saturated rings. The molecule has 0 aromatic heterocycles. The highest BCUT2D eigenvalue weighted by molar-refractivity contribution is 7.80. The highest BCUT2D eigenvalue weighted by Gasteiger charge is 2.33. The van der Waals surface area contributed by atoms with E-state index in [9.17, 15) is 0 Å². The lowest BCUT2D eigenvalue weighted by Gasteiger charge is -2.34. The van der Waals surface area contributed by atoms with Crippen molar-refractivity contribution in [2.24, 2.45) is 0 Å². The van der Waals surface area contributed by atoms with Gasteiger partial charge in [-0.05, 0) is 49.7 Å². The fraction of sp³-hybridized carbons (Fsp3) is 0.500. The standard InChI is InChI=1S/C36H47O4P/c1-35(2,3)27-18-14-20-29(33(27)39-31-22-10-12-24-37-31)41(26-16-8-7-9-17-26)30-21-15-19-28(36(4,5)6)34(30)40-32-23-11-13-25-38-32/h7-9,14-21,31-32H,10-13,22-25H2,1-6H3. The van der Waals surface area contributed by atoms with Crippen molar-refractivity contribution >= 4 is 23.8 Å². The minimum absolute atomic E-state index is 0.0970. The maximum absolute atomic E-state index is 6.88. The number of para-hydroxylation sites is 2. The minimum atomic E-state index is -1.03. The Labute approximate surface area is 248 Å². The molecule has 41 heavy (non-hydrogen) atoms. The first kappa shape index (κ1) is 30.1. The normalized spacial score (nSPS) is 20.8. The molecule has 5 rings (SSSR count). The second-order valence-electron chi connectivity index (χ2n) is 13.3. The molecule has 0 amide bonds. The van der Waals surface area contributed by atoms with Crippen LogP contribution in [0.4, 0.5) is 0 Å². The Balaban J connectivity index is 1.73. The molecule has 2 aliphatic rings. The molecule has 220 valence electrons. The fourth-order valence-corrected chi connectivity index (χ4v) is 8.20. The van der Waals surface area contributed by atoms with Gasteiger partial charge in [0.25, 0.3) is 0 Å². The Bertz CT molecular complexity index is 1200. The third-order valence-electron chi connectivity index (χ3n) is 7.88. The van der Waals surface area contributed by atoms with Gasteiger partial charge in [0.2, 0.25) is 0 Å². The average molecular weight is 575 g/mol. The van der Waals surface area contributed by atoms with E-state index < -0.39 is 7.92 Å². The third-order valence-corrected chi connectivity index (χ3v) is 10.4. The molecule has 0 spiro atoms. The van der Waals surface area contributed by atoms with Crippen LogP contribution >= 0.6 is 7.92 Å². The van der Waals surface area contributed by atoms with Crippen LogP contribution in [0.25, 0.3) is 0 Å². The van der Waals surface area contributed by atoms with Gasteiger partial charge in [-0.25, -0.2) is 0 Å². The number of rotatable bonds is 7. The van der Waals surface area contributed by atoms with E-state index in [4.69, 9.17) is 18.9 Å². The minimum Gasteiger partial charge on any atom is -0.464 e. The zero-order chi connectivity index (χ0) is 29.0. The van der Waals surface area contributed by atoms with Crippen LogP contribution in [-0.4, -0.2) is 25.8 Å². The highest BCUT2D eigenvalue weighted by atomic mass is 31.1. The molecule has 2 atom stereocenters. The van der Waals surface area contributed by atoms with Gasteiger partial charge in [-0.3, -0.25) is 0 Å². The molecule has 0 bridgehead atoms. The number of hydrogen-bond acceptors (Lipinski definition) is 4. The molecule has 5 heteroatoms. The van der Waals surface area contributed by atoms with E-state index in [1.807, 2.05) is 0 Å². The summed E-state index contributed by atoms with van der Waals surface area (Å²) in [6.45, 7) is 15.1. The lowest BCUT2D eigenvalue weighted by atomic mass is 9.86. The Morgan fingerprint density at radius 2 is 1.05 bits per heavy atom. The lowest BCUT2D eigenvalue weighted by Crippen LogP contribution is -2.33. The number of benzene rings is 3. The van der Waals surface area contributed by atoms with Gasteiger partial charge in [0, 0.05) is 34.6 Å². The molecule has 3 aromatic carbocycles. The Kier molecular flexibility index (Phi) is 9.43. The van der Waals surface area contributed by atoms with Crippen molar-refractivity contribution < 1.29 is 18.9 Å². The molecule has 3 aromatic rings. The van der Waals surface area contributed by atoms with Gasteiger partial charge >= 0.3 is 0 Å². The second-order valence-corrected chi connectivity index (χ2v) is 15.5. The summed E-state index contributed by atoms with van der Waals surface area (Å²) in [6, 6.07) is 24.2. The first-order chi connectivity index (χ1) is 19.6. The summed E-state index contributed by atoms with van der Waals surface area (Å²) in [6.07, 6.45) is 5.79. The van der Waals surface area contributed by atoms with Gasteiger partial charge in [-0.2, -0.15) is 0 Å². The molecule has 0 aliphatic carbocycles. The molecule has 4 nitrogen and oxygen atoms in total. The van der Waals surface area contributed by atoms with Gasteiger partial charge < -0.3 is 18.9 Å². The van der Waals surface area contributed by atoms with E-state index in [-0.39, 0.29) is 23.4 Å². The van der Waals surface area contributed by atoms with Crippen molar-refractivity contribution in [2.75, 3.05) is 13.2 Å². The van der Waals surface area contributed by atoms with Gasteiger partial charge in [0.05, 0.1) is 13.2 Å². The van der Waals surface area contributed by atoms with Gasteiger partial charge in [0.15, 0.2) is 12.6 Å². The summed E-state index contributed by atoms with van der Waals surface area (Å²) in [4.78, 5) is 0. The summed E-state index contributed by atoms with van der Waals surface area (Å²) >= 11 is 0. The van der Waals surface area contributed by atoms with Crippen LogP contribution in [0.2, 0.25) is 0 Å². The molecule has 2 unspecified atom stereocenters. The highest BCUT2D eigenvalue weighted by Crippen LogP contribution is 2.46. The number of hydrogen-bond donors (Lipinski definition) is 0. The predicted molar refractivity (Wildman–Crippen MR) is 171 cm³/mol. The van der Waals surface area contributed by atoms with Crippen LogP contribution in [0.5, 0.6) is 11.5 Å². The van der Waals surface area contributed by atoms with E-state index in [0.717, 1.165) is 63.2 Å². The quantitative estimate of drug-likeness (QED) is 0.269. The molecule has 2 aliphatic heterocycles. The summed E-state index contributed by atoms with van der Waals surface area (Å²) in [5.74, 6) is 1.92. The molecule has 2 saturated heterocycles. The lowest BCUT2D eigenvalue weighted by molar-refractivity contribution is -0.106. The number of ether oxygens (including phenoxy) is 4. The van der Waals surface area contributed by atoms with Crippen molar-refractivity contribution in [3.8, 4) is 11.5 Å². The average Bonchev–Trinajstić information content (AvgIpc) is 2.95. The predicted octanol–water partition coefficient (Wildman–Crippen LogP) is 7.85. The van der Waals surface area contributed by atoms with Crippen LogP contribution in [0, 0.1) is 0 Å². The van der Waals surface area contributed by atoms with Crippen molar-refractivity contribution in [1.82, 2.24) is 0 Å². The fourth-order valence-electron chi connectivity index (χ4n) is 5.69. The van der Waals surface area contributed by atoms with Crippen LogP contribution in [-0.2, 0) is 20.3 Å². The van der Waals surface area contributed by atoms with E-state index in [2.05, 4.69) is 108 Å². The maximum atomic E-state index is 6.88. The second kappa shape index (κ2) is 12.9. The van der Waals surface area contributed by atoms with Gasteiger partial charge in [0.1, 0.15) is 11.5 Å². The molecule has 0 saturated carbocycles. The van der Waals surface area contributed by atoms with Crippen LogP contribution < -0.4 is 25.4 Å². The smallest absolute Gasteiger partial charge is 0.199 e. The van der Waals surface area contributed by atoms with Crippen LogP contribution in [0.3, 0.4) is 0 Å². The summed E-state index contributed by atoms with van der Waals surface area (Å²) < 4.78 is 26.0. The maximum Gasteiger partial charge on any atom is 0.199 e. The monoisotopic (exact) mass is 574 g/mol. The third kappa shape index (κ3) is 7.16. The van der Waals surface area contributed by atoms with Gasteiger partial charge in [-0.1, -0.05) is 108 Å². The zero-order valence-electron chi connectivity index (χ0n) is 25.7. The first-order valence-corrected chi connectivity index (χ1v) is 16.7. The SMILES string of the molecule is CC(C)(C)c1cccc(P(c2ccccc2)c2cccc(C(C)(C)C)c2OC2CCCCO2)c1OC1CCCCO1. The van der Waals surface area contributed by atoms with Crippen molar-refractivity contribution in [1.29, 1.82) is 0 Å². The van der Waals surface area contributed by atoms with E-state index >= 15 is 0 Å². The molecule has 0 radical (unpaired) electrons. The van der Waals surface area contributed by atoms with Crippen LogP contribution in [0.15, 0.2) is 66.7 Å². The van der Waals surface area contributed by atoms with Crippen molar-refractivity contribution in [2.45, 2.75) is 103 Å². The Morgan fingerprint density at radius 3 is 1.44 bits per heavy atom. The topological polar surface area (TPSA) is 36.9 Å². The van der Waals surface area contributed by atoms with E-state index in [0.29, 0.717) is 0 Å². The first-order valence-electron chi connectivity index (χ1n) is 15.3. The Morgan fingerprint density at radius 1 is 0.585 bits per heavy atom. The van der Waals surface area contributed by atoms with Crippen molar-refractivity contribution in [3.05, 3.63) is 77.9 Å². The molecular formula is C36H47O4P. The zero-order valence-corrected chi connectivity index (χ0v) is 26.6. The van der Waals surface area contributed by atoms with Crippen LogP contribution in [0.1, 0.15) is 91.2 Å². The molecule has 0 N–H and O–H groups in total. The summed E-state index contributed by atoms with van der Waals surface area (Å²) in [5.41, 5.74) is 2.22. The van der Waals surface area contributed by atoms with Crippen molar-refractivity contribution in [3.63, 3.8) is 0 Å². The molecule has 2 heterocycles. The van der Waals surface area contributed by atoms with E-state index in [1.54, 1.807) is 0 Å². The largest absolute Gasteiger partial charge is 0.464 e.